The zero-order valence-electron chi connectivity index (χ0n) is 11.8. The third-order valence-electron chi connectivity index (χ3n) is 5.65. The Labute approximate surface area is 138 Å². The standard InChI is InChI=1S/C17H19BrClNO/c18-14-6-13(7-15(19)8-14)17(21)20-16-11-2-9-1-10(4-11)5-12(16)3-9/h6-12,16H,1-5H2,(H,20,21). The molecule has 21 heavy (non-hydrogen) atoms. The summed E-state index contributed by atoms with van der Waals surface area (Å²) < 4.78 is 0.852. The molecule has 4 fully saturated rings. The first kappa shape index (κ1) is 14.1. The van der Waals surface area contributed by atoms with Gasteiger partial charge in [-0.25, -0.2) is 0 Å². The van der Waals surface area contributed by atoms with E-state index in [1.165, 1.54) is 32.1 Å². The molecule has 4 aliphatic rings. The van der Waals surface area contributed by atoms with Crippen LogP contribution in [0.5, 0.6) is 0 Å². The molecule has 4 saturated carbocycles. The molecule has 112 valence electrons. The van der Waals surface area contributed by atoms with Crippen molar-refractivity contribution in [1.29, 1.82) is 0 Å². The van der Waals surface area contributed by atoms with Crippen LogP contribution < -0.4 is 5.32 Å². The average Bonchev–Trinajstić information content (AvgIpc) is 2.40. The third kappa shape index (κ3) is 2.63. The molecule has 0 radical (unpaired) electrons. The average molecular weight is 369 g/mol. The lowest BCUT2D eigenvalue weighted by atomic mass is 9.54. The molecule has 0 spiro atoms. The first-order valence-corrected chi connectivity index (χ1v) is 9.02. The van der Waals surface area contributed by atoms with Crippen LogP contribution in [-0.2, 0) is 0 Å². The predicted octanol–water partition coefficient (Wildman–Crippen LogP) is 4.66. The van der Waals surface area contributed by atoms with Crippen molar-refractivity contribution in [2.75, 3.05) is 0 Å². The maximum absolute atomic E-state index is 12.6. The van der Waals surface area contributed by atoms with Crippen LogP contribution in [0.1, 0.15) is 42.5 Å². The molecule has 4 aliphatic carbocycles. The Morgan fingerprint density at radius 3 is 2.24 bits per heavy atom. The molecule has 1 aromatic carbocycles. The molecule has 1 N–H and O–H groups in total. The molecule has 2 nitrogen and oxygen atoms in total. The largest absolute Gasteiger partial charge is 0.349 e. The van der Waals surface area contributed by atoms with Crippen LogP contribution in [0.3, 0.4) is 0 Å². The summed E-state index contributed by atoms with van der Waals surface area (Å²) in [7, 11) is 0. The van der Waals surface area contributed by atoms with Crippen LogP contribution in [0.25, 0.3) is 0 Å². The van der Waals surface area contributed by atoms with Crippen molar-refractivity contribution in [2.24, 2.45) is 23.7 Å². The van der Waals surface area contributed by atoms with Gasteiger partial charge in [-0.3, -0.25) is 4.79 Å². The van der Waals surface area contributed by atoms with E-state index in [0.29, 0.717) is 28.5 Å². The fourth-order valence-electron chi connectivity index (χ4n) is 5.08. The van der Waals surface area contributed by atoms with E-state index >= 15 is 0 Å². The summed E-state index contributed by atoms with van der Waals surface area (Å²) in [6.45, 7) is 0. The van der Waals surface area contributed by atoms with Gasteiger partial charge in [0, 0.05) is 21.1 Å². The van der Waals surface area contributed by atoms with Gasteiger partial charge in [-0.2, -0.15) is 0 Å². The summed E-state index contributed by atoms with van der Waals surface area (Å²) in [5, 5.41) is 3.91. The Morgan fingerprint density at radius 1 is 1.05 bits per heavy atom. The van der Waals surface area contributed by atoms with Crippen LogP contribution in [0.15, 0.2) is 22.7 Å². The van der Waals surface area contributed by atoms with Gasteiger partial charge in [-0.05, 0) is 74.0 Å². The van der Waals surface area contributed by atoms with Crippen LogP contribution in [0.2, 0.25) is 5.02 Å². The molecule has 0 aromatic heterocycles. The second-order valence-corrected chi connectivity index (χ2v) is 8.44. The van der Waals surface area contributed by atoms with E-state index in [4.69, 9.17) is 11.6 Å². The molecule has 0 aliphatic heterocycles. The van der Waals surface area contributed by atoms with Crippen molar-refractivity contribution >= 4 is 33.4 Å². The minimum Gasteiger partial charge on any atom is -0.349 e. The van der Waals surface area contributed by atoms with Gasteiger partial charge in [0.1, 0.15) is 0 Å². The SMILES string of the molecule is O=C(NC1C2CC3CC(C2)CC1C3)c1cc(Cl)cc(Br)c1. The van der Waals surface area contributed by atoms with Crippen LogP contribution in [-0.4, -0.2) is 11.9 Å². The second-order valence-electron chi connectivity index (χ2n) is 7.09. The lowest BCUT2D eigenvalue weighted by Gasteiger charge is -2.54. The van der Waals surface area contributed by atoms with Crippen molar-refractivity contribution < 1.29 is 4.79 Å². The van der Waals surface area contributed by atoms with Crippen molar-refractivity contribution in [3.8, 4) is 0 Å². The molecule has 5 rings (SSSR count). The minimum atomic E-state index is 0.0238. The molecule has 0 atom stereocenters. The van der Waals surface area contributed by atoms with E-state index in [-0.39, 0.29) is 5.91 Å². The first-order chi connectivity index (χ1) is 10.1. The van der Waals surface area contributed by atoms with Crippen molar-refractivity contribution in [2.45, 2.75) is 38.1 Å². The summed E-state index contributed by atoms with van der Waals surface area (Å²) in [6, 6.07) is 5.78. The fourth-order valence-corrected chi connectivity index (χ4v) is 5.94. The molecule has 4 heteroatoms. The van der Waals surface area contributed by atoms with Gasteiger partial charge in [-0.1, -0.05) is 27.5 Å². The normalized spacial score (nSPS) is 36.8. The maximum atomic E-state index is 12.6. The van der Waals surface area contributed by atoms with Gasteiger partial charge >= 0.3 is 0 Å². The summed E-state index contributed by atoms with van der Waals surface area (Å²) in [5.74, 6) is 3.29. The van der Waals surface area contributed by atoms with Crippen LogP contribution >= 0.6 is 27.5 Å². The Balaban J connectivity index is 1.52. The van der Waals surface area contributed by atoms with Gasteiger partial charge < -0.3 is 5.32 Å². The van der Waals surface area contributed by atoms with Gasteiger partial charge in [0.25, 0.3) is 5.91 Å². The molecule has 0 heterocycles. The zero-order valence-corrected chi connectivity index (χ0v) is 14.2. The van der Waals surface area contributed by atoms with Gasteiger partial charge in [0.05, 0.1) is 0 Å². The summed E-state index contributed by atoms with van der Waals surface area (Å²) in [5.41, 5.74) is 0.656. The Hall–Kier alpha value is -0.540. The highest BCUT2D eigenvalue weighted by molar-refractivity contribution is 9.10. The zero-order chi connectivity index (χ0) is 14.6. The molecule has 0 saturated heterocycles. The Bertz CT molecular complexity index is 540. The van der Waals surface area contributed by atoms with Crippen molar-refractivity contribution in [1.82, 2.24) is 5.32 Å². The van der Waals surface area contributed by atoms with Gasteiger partial charge in [-0.15, -0.1) is 0 Å². The number of nitrogens with one attached hydrogen (secondary N) is 1. The van der Waals surface area contributed by atoms with Gasteiger partial charge in [0.15, 0.2) is 0 Å². The highest BCUT2D eigenvalue weighted by Gasteiger charge is 2.48. The van der Waals surface area contributed by atoms with E-state index in [2.05, 4.69) is 21.2 Å². The van der Waals surface area contributed by atoms with Gasteiger partial charge in [0.2, 0.25) is 0 Å². The Kier molecular flexibility index (Phi) is 3.54. The number of hydrogen-bond acceptors (Lipinski definition) is 1. The first-order valence-electron chi connectivity index (χ1n) is 7.85. The number of benzene rings is 1. The Morgan fingerprint density at radius 2 is 1.67 bits per heavy atom. The quantitative estimate of drug-likeness (QED) is 0.808. The number of hydrogen-bond donors (Lipinski definition) is 1. The molecule has 4 bridgehead atoms. The minimum absolute atomic E-state index is 0.0238. The topological polar surface area (TPSA) is 29.1 Å². The van der Waals surface area contributed by atoms with Crippen molar-refractivity contribution in [3.63, 3.8) is 0 Å². The lowest BCUT2D eigenvalue weighted by Crippen LogP contribution is -2.55. The number of carbonyl (C=O) groups excluding carboxylic acids is 1. The molecule has 1 amide bonds. The smallest absolute Gasteiger partial charge is 0.251 e. The fraction of sp³-hybridized carbons (Fsp3) is 0.588. The van der Waals surface area contributed by atoms with E-state index in [0.717, 1.165) is 16.3 Å². The molecular formula is C17H19BrClNO. The second kappa shape index (κ2) is 5.27. The predicted molar refractivity (Wildman–Crippen MR) is 87.5 cm³/mol. The molecular weight excluding hydrogens is 350 g/mol. The summed E-state index contributed by atoms with van der Waals surface area (Å²) in [4.78, 5) is 12.6. The lowest BCUT2D eigenvalue weighted by molar-refractivity contribution is -0.0119. The monoisotopic (exact) mass is 367 g/mol. The van der Waals surface area contributed by atoms with Crippen molar-refractivity contribution in [3.05, 3.63) is 33.3 Å². The van der Waals surface area contributed by atoms with Crippen LogP contribution in [0, 0.1) is 23.7 Å². The van der Waals surface area contributed by atoms with E-state index in [1.807, 2.05) is 6.07 Å². The van der Waals surface area contributed by atoms with Crippen LogP contribution in [0.4, 0.5) is 0 Å². The highest BCUT2D eigenvalue weighted by atomic mass is 79.9. The van der Waals surface area contributed by atoms with E-state index < -0.39 is 0 Å². The summed E-state index contributed by atoms with van der Waals surface area (Å²) >= 11 is 9.45. The number of amides is 1. The highest BCUT2D eigenvalue weighted by Crippen LogP contribution is 2.53. The molecule has 0 unspecified atom stereocenters. The maximum Gasteiger partial charge on any atom is 0.251 e. The number of carbonyl (C=O) groups is 1. The summed E-state index contributed by atoms with van der Waals surface area (Å²) in [6.07, 6.45) is 6.71. The van der Waals surface area contributed by atoms with E-state index in [1.54, 1.807) is 12.1 Å². The third-order valence-corrected chi connectivity index (χ3v) is 6.33. The van der Waals surface area contributed by atoms with E-state index in [9.17, 15) is 4.79 Å². The molecule has 1 aromatic rings. The number of halogens is 2. The number of rotatable bonds is 2.